The lowest BCUT2D eigenvalue weighted by molar-refractivity contribution is 0.284. The van der Waals surface area contributed by atoms with E-state index < -0.39 is 0 Å². The first-order chi connectivity index (χ1) is 14.6. The molecule has 156 valence electrons. The van der Waals surface area contributed by atoms with Gasteiger partial charge in [0.2, 0.25) is 0 Å². The van der Waals surface area contributed by atoms with Crippen molar-refractivity contribution in [1.82, 2.24) is 24.6 Å². The lowest BCUT2D eigenvalue weighted by atomic mass is 10.2. The van der Waals surface area contributed by atoms with Crippen molar-refractivity contribution in [3.8, 4) is 5.95 Å². The van der Waals surface area contributed by atoms with Crippen molar-refractivity contribution in [3.05, 3.63) is 65.1 Å². The maximum atomic E-state index is 6.10. The van der Waals surface area contributed by atoms with E-state index in [1.807, 2.05) is 13.1 Å². The molecule has 0 unspecified atom stereocenters. The van der Waals surface area contributed by atoms with Crippen LogP contribution in [0, 0.1) is 6.92 Å². The summed E-state index contributed by atoms with van der Waals surface area (Å²) in [5, 5.41) is 7.81. The summed E-state index contributed by atoms with van der Waals surface area (Å²) in [7, 11) is 1.80. The molecule has 0 spiro atoms. The van der Waals surface area contributed by atoms with Crippen molar-refractivity contribution in [2.75, 3.05) is 50.0 Å². The summed E-state index contributed by atoms with van der Waals surface area (Å²) in [4.78, 5) is 13.6. The largest absolute Gasteiger partial charge is 0.373 e. The van der Waals surface area contributed by atoms with Crippen LogP contribution < -0.4 is 10.2 Å². The molecule has 1 aliphatic rings. The Kier molecular flexibility index (Phi) is 6.30. The fourth-order valence-corrected chi connectivity index (χ4v) is 3.75. The van der Waals surface area contributed by atoms with Crippen LogP contribution in [0.15, 0.2) is 48.7 Å². The zero-order valence-corrected chi connectivity index (χ0v) is 18.0. The number of hydrogen-bond acceptors (Lipinski definition) is 6. The van der Waals surface area contributed by atoms with E-state index in [4.69, 9.17) is 11.6 Å². The monoisotopic (exact) mass is 423 g/mol. The third-order valence-electron chi connectivity index (χ3n) is 5.33. The minimum absolute atomic E-state index is 0.381. The molecule has 0 atom stereocenters. The fourth-order valence-electron chi connectivity index (χ4n) is 3.57. The second kappa shape index (κ2) is 9.28. The number of benzene rings is 1. The maximum absolute atomic E-state index is 6.10. The van der Waals surface area contributed by atoms with Gasteiger partial charge >= 0.3 is 0 Å². The Labute approximate surface area is 182 Å². The Balaban J connectivity index is 1.36. The van der Waals surface area contributed by atoms with Gasteiger partial charge in [-0.25, -0.2) is 4.68 Å². The average Bonchev–Trinajstić information content (AvgIpc) is 3.15. The van der Waals surface area contributed by atoms with Crippen LogP contribution >= 0.6 is 11.6 Å². The van der Waals surface area contributed by atoms with Gasteiger partial charge in [0.15, 0.2) is 0 Å². The normalized spacial score (nSPS) is 15.1. The molecule has 0 aliphatic carbocycles. The highest BCUT2D eigenvalue weighted by Crippen LogP contribution is 2.18. The van der Waals surface area contributed by atoms with Crippen LogP contribution in [0.25, 0.3) is 12.0 Å². The molecule has 1 N–H and O–H groups in total. The van der Waals surface area contributed by atoms with Crippen molar-refractivity contribution in [2.45, 2.75) is 6.92 Å². The van der Waals surface area contributed by atoms with Crippen LogP contribution in [0.5, 0.6) is 0 Å². The summed E-state index contributed by atoms with van der Waals surface area (Å²) >= 11 is 6.10. The first kappa shape index (κ1) is 20.4. The second-order valence-electron chi connectivity index (χ2n) is 7.25. The molecule has 7 nitrogen and oxygen atoms in total. The van der Waals surface area contributed by atoms with Gasteiger partial charge in [-0.3, -0.25) is 4.90 Å². The number of hydrogen-bond donors (Lipinski definition) is 1. The molecule has 3 aromatic rings. The minimum Gasteiger partial charge on any atom is -0.373 e. The lowest BCUT2D eigenvalue weighted by Crippen LogP contribution is -2.46. The standard InChI is InChI=1S/C22H26ClN7/c1-17-18(16-25-30(17)22-26-20(23)15-21(24-2)27-22)7-6-10-28-11-13-29(14-12-28)19-8-4-3-5-9-19/h3-9,15-16H,10-14H2,1-2H3,(H,24,26,27)/b7-6+. The molecule has 4 rings (SSSR count). The van der Waals surface area contributed by atoms with Gasteiger partial charge in [-0.1, -0.05) is 42.0 Å². The molecular formula is C22H26ClN7. The molecule has 30 heavy (non-hydrogen) atoms. The van der Waals surface area contributed by atoms with E-state index in [0.29, 0.717) is 16.9 Å². The predicted octanol–water partition coefficient (Wildman–Crippen LogP) is 3.50. The first-order valence-electron chi connectivity index (χ1n) is 10.1. The van der Waals surface area contributed by atoms with Gasteiger partial charge in [0.1, 0.15) is 11.0 Å². The summed E-state index contributed by atoms with van der Waals surface area (Å²) in [6.45, 7) is 7.14. The highest BCUT2D eigenvalue weighted by Gasteiger charge is 2.16. The quantitative estimate of drug-likeness (QED) is 0.612. The van der Waals surface area contributed by atoms with Crippen LogP contribution in [-0.2, 0) is 0 Å². The first-order valence-corrected chi connectivity index (χ1v) is 10.5. The molecule has 0 bridgehead atoms. The summed E-state index contributed by atoms with van der Waals surface area (Å²) in [6, 6.07) is 12.3. The molecule has 1 aromatic carbocycles. The number of halogens is 1. The Hall–Kier alpha value is -2.90. The van der Waals surface area contributed by atoms with Crippen molar-refractivity contribution >= 4 is 29.2 Å². The molecule has 1 aliphatic heterocycles. The highest BCUT2D eigenvalue weighted by atomic mass is 35.5. The molecule has 2 aromatic heterocycles. The van der Waals surface area contributed by atoms with E-state index in [-0.39, 0.29) is 0 Å². The van der Waals surface area contributed by atoms with Gasteiger partial charge in [-0.2, -0.15) is 15.1 Å². The molecule has 8 heteroatoms. The van der Waals surface area contributed by atoms with Gasteiger partial charge in [0.25, 0.3) is 5.95 Å². The third-order valence-corrected chi connectivity index (χ3v) is 5.52. The minimum atomic E-state index is 0.381. The van der Waals surface area contributed by atoms with Gasteiger partial charge < -0.3 is 10.2 Å². The van der Waals surface area contributed by atoms with E-state index in [1.165, 1.54) is 5.69 Å². The van der Waals surface area contributed by atoms with Gasteiger partial charge in [0, 0.05) is 57.1 Å². The molecule has 0 saturated carbocycles. The number of para-hydroxylation sites is 1. The zero-order valence-electron chi connectivity index (χ0n) is 17.3. The van der Waals surface area contributed by atoms with Gasteiger partial charge in [0.05, 0.1) is 11.9 Å². The van der Waals surface area contributed by atoms with Crippen LogP contribution in [0.3, 0.4) is 0 Å². The number of nitrogens with one attached hydrogen (secondary N) is 1. The molecule has 0 radical (unpaired) electrons. The smallest absolute Gasteiger partial charge is 0.254 e. The van der Waals surface area contributed by atoms with E-state index in [2.05, 4.69) is 72.7 Å². The molecule has 1 saturated heterocycles. The van der Waals surface area contributed by atoms with Crippen molar-refractivity contribution < 1.29 is 0 Å². The van der Waals surface area contributed by atoms with Gasteiger partial charge in [-0.05, 0) is 19.1 Å². The second-order valence-corrected chi connectivity index (χ2v) is 7.64. The van der Waals surface area contributed by atoms with E-state index >= 15 is 0 Å². The van der Waals surface area contributed by atoms with E-state index in [9.17, 15) is 0 Å². The van der Waals surface area contributed by atoms with E-state index in [0.717, 1.165) is 44.0 Å². The summed E-state index contributed by atoms with van der Waals surface area (Å²) < 4.78 is 1.71. The van der Waals surface area contributed by atoms with Crippen molar-refractivity contribution in [1.29, 1.82) is 0 Å². The summed E-state index contributed by atoms with van der Waals surface area (Å²) in [5.74, 6) is 1.12. The van der Waals surface area contributed by atoms with E-state index in [1.54, 1.807) is 17.8 Å². The molecule has 3 heterocycles. The number of aromatic nitrogens is 4. The Morgan fingerprint density at radius 1 is 1.10 bits per heavy atom. The predicted molar refractivity (Wildman–Crippen MR) is 123 cm³/mol. The van der Waals surface area contributed by atoms with Crippen molar-refractivity contribution in [2.24, 2.45) is 0 Å². The van der Waals surface area contributed by atoms with Crippen LogP contribution in [-0.4, -0.2) is 64.4 Å². The average molecular weight is 424 g/mol. The Bertz CT molecular complexity index is 1010. The number of piperazine rings is 1. The summed E-state index contributed by atoms with van der Waals surface area (Å²) in [6.07, 6.45) is 6.15. The number of nitrogens with zero attached hydrogens (tertiary/aromatic N) is 6. The van der Waals surface area contributed by atoms with Crippen LogP contribution in [0.1, 0.15) is 11.3 Å². The fraction of sp³-hybridized carbons (Fsp3) is 0.318. The molecule has 0 amide bonds. The summed E-state index contributed by atoms with van der Waals surface area (Å²) in [5.41, 5.74) is 3.33. The number of rotatable bonds is 6. The Morgan fingerprint density at radius 2 is 1.87 bits per heavy atom. The van der Waals surface area contributed by atoms with Crippen molar-refractivity contribution in [3.63, 3.8) is 0 Å². The lowest BCUT2D eigenvalue weighted by Gasteiger charge is -2.35. The molecule has 1 fully saturated rings. The van der Waals surface area contributed by atoms with Crippen LogP contribution in [0.4, 0.5) is 11.5 Å². The third kappa shape index (κ3) is 4.63. The topological polar surface area (TPSA) is 62.1 Å². The number of anilines is 2. The highest BCUT2D eigenvalue weighted by molar-refractivity contribution is 6.29. The Morgan fingerprint density at radius 3 is 2.60 bits per heavy atom. The zero-order chi connectivity index (χ0) is 20.9. The molecular weight excluding hydrogens is 398 g/mol. The maximum Gasteiger partial charge on any atom is 0.254 e. The SMILES string of the molecule is CNc1cc(Cl)nc(-n2ncc(/C=C/CN3CCN(c4ccccc4)CC3)c2C)n1. The van der Waals surface area contributed by atoms with Crippen LogP contribution in [0.2, 0.25) is 5.15 Å². The van der Waals surface area contributed by atoms with Gasteiger partial charge in [-0.15, -0.1) is 0 Å².